The van der Waals surface area contributed by atoms with Crippen molar-refractivity contribution in [3.8, 4) is 11.8 Å². The van der Waals surface area contributed by atoms with Gasteiger partial charge in [-0.3, -0.25) is 0 Å². The lowest BCUT2D eigenvalue weighted by molar-refractivity contribution is -0.274. The molecule has 0 aliphatic heterocycles. The van der Waals surface area contributed by atoms with Crippen molar-refractivity contribution in [3.05, 3.63) is 29.3 Å². The lowest BCUT2D eigenvalue weighted by Gasteiger charge is -2.12. The number of esters is 1. The number of methoxy groups -OCH3 is 1. The van der Waals surface area contributed by atoms with Gasteiger partial charge in [-0.2, -0.15) is 5.26 Å². The number of alkyl halides is 3. The number of ether oxygens (including phenoxy) is 2. The van der Waals surface area contributed by atoms with Gasteiger partial charge in [-0.1, -0.05) is 6.07 Å². The Morgan fingerprint density at radius 3 is 2.53 bits per heavy atom. The van der Waals surface area contributed by atoms with Crippen LogP contribution < -0.4 is 4.74 Å². The minimum atomic E-state index is -4.95. The summed E-state index contributed by atoms with van der Waals surface area (Å²) < 4.78 is 44.1. The molecule has 4 nitrogen and oxygen atoms in total. The molecule has 0 saturated heterocycles. The summed E-state index contributed by atoms with van der Waals surface area (Å²) in [5.74, 6) is -1.83. The molecule has 1 rings (SSSR count). The highest BCUT2D eigenvalue weighted by molar-refractivity contribution is 5.95. The van der Waals surface area contributed by atoms with Crippen molar-refractivity contribution in [2.75, 3.05) is 7.11 Å². The predicted octanol–water partition coefficient (Wildman–Crippen LogP) is 2.24. The van der Waals surface area contributed by atoms with E-state index in [9.17, 15) is 18.0 Å². The highest BCUT2D eigenvalue weighted by Gasteiger charge is 2.33. The van der Waals surface area contributed by atoms with E-state index in [4.69, 9.17) is 5.26 Å². The molecule has 0 amide bonds. The van der Waals surface area contributed by atoms with Crippen LogP contribution in [0.15, 0.2) is 18.2 Å². The van der Waals surface area contributed by atoms with Crippen LogP contribution in [-0.2, 0) is 4.74 Å². The average molecular weight is 245 g/mol. The molecule has 0 heterocycles. The number of carbonyl (C=O) groups is 1. The van der Waals surface area contributed by atoms with E-state index in [1.165, 1.54) is 12.1 Å². The van der Waals surface area contributed by atoms with Crippen LogP contribution in [-0.4, -0.2) is 19.4 Å². The summed E-state index contributed by atoms with van der Waals surface area (Å²) >= 11 is 0. The summed E-state index contributed by atoms with van der Waals surface area (Å²) in [5.41, 5.74) is -0.798. The van der Waals surface area contributed by atoms with Crippen LogP contribution in [0.5, 0.6) is 5.75 Å². The van der Waals surface area contributed by atoms with Gasteiger partial charge < -0.3 is 9.47 Å². The van der Waals surface area contributed by atoms with Gasteiger partial charge in [0.25, 0.3) is 0 Å². The number of rotatable bonds is 2. The fourth-order valence-electron chi connectivity index (χ4n) is 1.15. The van der Waals surface area contributed by atoms with E-state index >= 15 is 0 Å². The van der Waals surface area contributed by atoms with Gasteiger partial charge in [-0.25, -0.2) is 4.79 Å². The van der Waals surface area contributed by atoms with Crippen LogP contribution in [0.4, 0.5) is 13.2 Å². The van der Waals surface area contributed by atoms with Crippen LogP contribution in [0, 0.1) is 11.3 Å². The molecule has 0 aliphatic carbocycles. The molecule has 0 radical (unpaired) electrons. The second-order valence-electron chi connectivity index (χ2n) is 2.83. The lowest BCUT2D eigenvalue weighted by Crippen LogP contribution is -2.20. The third-order valence-electron chi connectivity index (χ3n) is 1.76. The highest BCUT2D eigenvalue weighted by atomic mass is 19.4. The van der Waals surface area contributed by atoms with E-state index < -0.39 is 23.6 Å². The van der Waals surface area contributed by atoms with E-state index in [-0.39, 0.29) is 5.56 Å². The van der Waals surface area contributed by atoms with Gasteiger partial charge in [0.05, 0.1) is 12.7 Å². The van der Waals surface area contributed by atoms with E-state index in [0.29, 0.717) is 0 Å². The van der Waals surface area contributed by atoms with Crippen molar-refractivity contribution < 1.29 is 27.4 Å². The average Bonchev–Trinajstić information content (AvgIpc) is 2.25. The second kappa shape index (κ2) is 4.74. The Hall–Kier alpha value is -2.23. The summed E-state index contributed by atoms with van der Waals surface area (Å²) in [6.07, 6.45) is -4.95. The van der Waals surface area contributed by atoms with Crippen molar-refractivity contribution in [3.63, 3.8) is 0 Å². The minimum absolute atomic E-state index is 0.251. The number of nitrogens with zero attached hydrogens (tertiary/aromatic N) is 1. The number of hydrogen-bond acceptors (Lipinski definition) is 4. The Balaban J connectivity index is 3.31. The molecular formula is C10H6F3NO3. The molecule has 0 unspecified atom stereocenters. The van der Waals surface area contributed by atoms with Crippen LogP contribution in [0.2, 0.25) is 0 Å². The Kier molecular flexibility index (Phi) is 3.58. The first-order chi connectivity index (χ1) is 7.89. The molecule has 0 fully saturated rings. The summed E-state index contributed by atoms with van der Waals surface area (Å²) in [6, 6.07) is 4.88. The molecule has 0 aliphatic rings. The van der Waals surface area contributed by atoms with Crippen LogP contribution in [0.3, 0.4) is 0 Å². The van der Waals surface area contributed by atoms with Crippen molar-refractivity contribution in [2.24, 2.45) is 0 Å². The molecule has 0 bridgehead atoms. The fourth-order valence-corrected chi connectivity index (χ4v) is 1.15. The Labute approximate surface area is 94.2 Å². The van der Waals surface area contributed by atoms with Crippen molar-refractivity contribution in [1.82, 2.24) is 0 Å². The quantitative estimate of drug-likeness (QED) is 0.749. The summed E-state index contributed by atoms with van der Waals surface area (Å²) in [6.45, 7) is 0. The zero-order valence-corrected chi connectivity index (χ0v) is 8.54. The smallest absolute Gasteiger partial charge is 0.465 e. The zero-order valence-electron chi connectivity index (χ0n) is 8.54. The summed E-state index contributed by atoms with van der Waals surface area (Å²) in [5, 5.41) is 8.69. The standard InChI is InChI=1S/C10H6F3NO3/c1-16-9(15)8-6(5-14)3-2-4-7(8)17-10(11,12)13/h2-4H,1H3. The Morgan fingerprint density at radius 2 is 2.06 bits per heavy atom. The highest BCUT2D eigenvalue weighted by Crippen LogP contribution is 2.28. The zero-order chi connectivity index (χ0) is 13.1. The van der Waals surface area contributed by atoms with Gasteiger partial charge in [0, 0.05) is 0 Å². The minimum Gasteiger partial charge on any atom is -0.465 e. The number of halogens is 3. The first-order valence-corrected chi connectivity index (χ1v) is 4.26. The molecule has 1 aromatic carbocycles. The van der Waals surface area contributed by atoms with Gasteiger partial charge >= 0.3 is 12.3 Å². The Morgan fingerprint density at radius 1 is 1.41 bits per heavy atom. The third-order valence-corrected chi connectivity index (χ3v) is 1.76. The summed E-state index contributed by atoms with van der Waals surface area (Å²) in [7, 11) is 0.994. The third kappa shape index (κ3) is 3.11. The normalized spacial score (nSPS) is 10.5. The van der Waals surface area contributed by atoms with Crippen molar-refractivity contribution in [1.29, 1.82) is 5.26 Å². The molecule has 0 saturated carbocycles. The van der Waals surface area contributed by atoms with Crippen molar-refractivity contribution >= 4 is 5.97 Å². The molecular weight excluding hydrogens is 239 g/mol. The topological polar surface area (TPSA) is 59.3 Å². The maximum Gasteiger partial charge on any atom is 0.573 e. The molecule has 0 aromatic heterocycles. The molecule has 7 heteroatoms. The monoisotopic (exact) mass is 245 g/mol. The molecule has 0 N–H and O–H groups in total. The van der Waals surface area contributed by atoms with Gasteiger partial charge in [-0.15, -0.1) is 13.2 Å². The van der Waals surface area contributed by atoms with Crippen LogP contribution in [0.1, 0.15) is 15.9 Å². The number of carbonyl (C=O) groups excluding carboxylic acids is 1. The van der Waals surface area contributed by atoms with Gasteiger partial charge in [0.1, 0.15) is 17.4 Å². The fraction of sp³-hybridized carbons (Fsp3) is 0.200. The van der Waals surface area contributed by atoms with E-state index in [1.807, 2.05) is 0 Å². The largest absolute Gasteiger partial charge is 0.573 e. The van der Waals surface area contributed by atoms with Gasteiger partial charge in [0.2, 0.25) is 0 Å². The second-order valence-corrected chi connectivity index (χ2v) is 2.83. The number of nitriles is 1. The SMILES string of the molecule is COC(=O)c1c(C#N)cccc1OC(F)(F)F. The molecule has 90 valence electrons. The molecule has 0 spiro atoms. The first-order valence-electron chi connectivity index (χ1n) is 4.26. The lowest BCUT2D eigenvalue weighted by atomic mass is 10.1. The van der Waals surface area contributed by atoms with E-state index in [1.54, 1.807) is 6.07 Å². The van der Waals surface area contributed by atoms with Gasteiger partial charge in [-0.05, 0) is 12.1 Å². The number of benzene rings is 1. The van der Waals surface area contributed by atoms with E-state index in [2.05, 4.69) is 9.47 Å². The van der Waals surface area contributed by atoms with E-state index in [0.717, 1.165) is 13.2 Å². The first kappa shape index (κ1) is 12.8. The van der Waals surface area contributed by atoms with Crippen LogP contribution in [0.25, 0.3) is 0 Å². The summed E-state index contributed by atoms with van der Waals surface area (Å²) in [4.78, 5) is 11.3. The molecule has 0 atom stereocenters. The van der Waals surface area contributed by atoms with Crippen molar-refractivity contribution in [2.45, 2.75) is 6.36 Å². The van der Waals surface area contributed by atoms with Crippen LogP contribution >= 0.6 is 0 Å². The maximum absolute atomic E-state index is 12.1. The molecule has 17 heavy (non-hydrogen) atoms. The van der Waals surface area contributed by atoms with Gasteiger partial charge in [0.15, 0.2) is 0 Å². The molecule has 1 aromatic rings. The Bertz CT molecular complexity index is 477. The maximum atomic E-state index is 12.1. The predicted molar refractivity (Wildman–Crippen MR) is 49.2 cm³/mol. The number of hydrogen-bond donors (Lipinski definition) is 0.